The maximum atomic E-state index is 12.4. The van der Waals surface area contributed by atoms with Gasteiger partial charge in [0, 0.05) is 6.07 Å². The standard InChI is InChI=1S/C8H5BrF3NO2/c1-4-2-7(13(14)15)6(9)3-5(4)8(10,11)12/h2-3H,1H3. The smallest absolute Gasteiger partial charge is 0.258 e. The molecule has 3 nitrogen and oxygen atoms in total. The van der Waals surface area contributed by atoms with Crippen molar-refractivity contribution in [1.82, 2.24) is 0 Å². The highest BCUT2D eigenvalue weighted by atomic mass is 79.9. The van der Waals surface area contributed by atoms with Gasteiger partial charge in [-0.15, -0.1) is 0 Å². The van der Waals surface area contributed by atoms with Crippen LogP contribution < -0.4 is 0 Å². The lowest BCUT2D eigenvalue weighted by atomic mass is 10.1. The molecule has 1 aromatic rings. The van der Waals surface area contributed by atoms with Crippen molar-refractivity contribution in [3.8, 4) is 0 Å². The molecular weight excluding hydrogens is 279 g/mol. The quantitative estimate of drug-likeness (QED) is 0.583. The van der Waals surface area contributed by atoms with Crippen molar-refractivity contribution in [3.63, 3.8) is 0 Å². The van der Waals surface area contributed by atoms with E-state index in [1.54, 1.807) is 0 Å². The fourth-order valence-corrected chi connectivity index (χ4v) is 1.60. The highest BCUT2D eigenvalue weighted by Crippen LogP contribution is 2.37. The first kappa shape index (κ1) is 12.0. The average molecular weight is 284 g/mol. The van der Waals surface area contributed by atoms with Gasteiger partial charge in [0.2, 0.25) is 0 Å². The third-order valence-corrected chi connectivity index (χ3v) is 2.43. The lowest BCUT2D eigenvalue weighted by Crippen LogP contribution is -2.08. The molecule has 0 aliphatic heterocycles. The van der Waals surface area contributed by atoms with Crippen molar-refractivity contribution in [2.45, 2.75) is 13.1 Å². The molecule has 0 N–H and O–H groups in total. The van der Waals surface area contributed by atoms with Crippen LogP contribution in [0.1, 0.15) is 11.1 Å². The molecule has 0 saturated heterocycles. The van der Waals surface area contributed by atoms with E-state index in [2.05, 4.69) is 15.9 Å². The van der Waals surface area contributed by atoms with Crippen LogP contribution in [0.3, 0.4) is 0 Å². The predicted octanol–water partition coefficient (Wildman–Crippen LogP) is 3.68. The zero-order chi connectivity index (χ0) is 11.8. The summed E-state index contributed by atoms with van der Waals surface area (Å²) in [6, 6.07) is 1.61. The van der Waals surface area contributed by atoms with E-state index >= 15 is 0 Å². The van der Waals surface area contributed by atoms with Gasteiger partial charge in [-0.2, -0.15) is 13.2 Å². The molecule has 0 saturated carbocycles. The number of halogens is 4. The van der Waals surface area contributed by atoms with Gasteiger partial charge in [0.05, 0.1) is 15.0 Å². The molecule has 0 radical (unpaired) electrons. The molecule has 0 fully saturated rings. The second-order valence-electron chi connectivity index (χ2n) is 2.87. The molecule has 0 amide bonds. The Kier molecular flexibility index (Phi) is 3.03. The summed E-state index contributed by atoms with van der Waals surface area (Å²) in [6.07, 6.45) is -4.50. The predicted molar refractivity (Wildman–Crippen MR) is 50.5 cm³/mol. The van der Waals surface area contributed by atoms with Crippen molar-refractivity contribution in [3.05, 3.63) is 37.8 Å². The van der Waals surface area contributed by atoms with Crippen molar-refractivity contribution in [2.75, 3.05) is 0 Å². The number of hydrogen-bond acceptors (Lipinski definition) is 2. The van der Waals surface area contributed by atoms with Gasteiger partial charge in [-0.1, -0.05) is 0 Å². The van der Waals surface area contributed by atoms with Gasteiger partial charge in [-0.25, -0.2) is 0 Å². The summed E-state index contributed by atoms with van der Waals surface area (Å²) in [5.41, 5.74) is -1.42. The number of nitro groups is 1. The number of benzene rings is 1. The zero-order valence-electron chi connectivity index (χ0n) is 7.43. The molecular formula is C8H5BrF3NO2. The normalized spacial score (nSPS) is 11.5. The fourth-order valence-electron chi connectivity index (χ4n) is 1.11. The van der Waals surface area contributed by atoms with Crippen LogP contribution in [0, 0.1) is 17.0 Å². The molecule has 0 atom stereocenters. The Morgan fingerprint density at radius 1 is 1.40 bits per heavy atom. The number of nitrogens with zero attached hydrogens (tertiary/aromatic N) is 1. The summed E-state index contributed by atoms with van der Waals surface area (Å²) in [4.78, 5) is 9.69. The second kappa shape index (κ2) is 3.80. The Morgan fingerprint density at radius 2 is 1.93 bits per heavy atom. The summed E-state index contributed by atoms with van der Waals surface area (Å²) in [6.45, 7) is 1.18. The van der Waals surface area contributed by atoms with E-state index in [1.807, 2.05) is 0 Å². The summed E-state index contributed by atoms with van der Waals surface area (Å²) < 4.78 is 36.9. The Hall–Kier alpha value is -1.11. The molecule has 0 aliphatic carbocycles. The molecule has 0 spiro atoms. The first-order valence-corrected chi connectivity index (χ1v) is 4.54. The van der Waals surface area contributed by atoms with Gasteiger partial charge in [0.25, 0.3) is 5.69 Å². The molecule has 0 aliphatic rings. The van der Waals surface area contributed by atoms with Crippen molar-refractivity contribution < 1.29 is 18.1 Å². The SMILES string of the molecule is Cc1cc([N+](=O)[O-])c(Br)cc1C(F)(F)F. The minimum atomic E-state index is -4.50. The highest BCUT2D eigenvalue weighted by molar-refractivity contribution is 9.10. The number of alkyl halides is 3. The molecule has 0 aromatic heterocycles. The van der Waals surface area contributed by atoms with Crippen molar-refractivity contribution >= 4 is 21.6 Å². The Bertz CT molecular complexity index is 417. The lowest BCUT2D eigenvalue weighted by molar-refractivity contribution is -0.385. The van der Waals surface area contributed by atoms with Crippen LogP contribution in [-0.4, -0.2) is 4.92 Å². The molecule has 0 unspecified atom stereocenters. The summed E-state index contributed by atoms with van der Waals surface area (Å²) in [5.74, 6) is 0. The van der Waals surface area contributed by atoms with E-state index in [0.29, 0.717) is 6.07 Å². The van der Waals surface area contributed by atoms with Gasteiger partial charge in [0.15, 0.2) is 0 Å². The van der Waals surface area contributed by atoms with E-state index in [1.165, 1.54) is 6.92 Å². The van der Waals surface area contributed by atoms with Crippen LogP contribution in [0.2, 0.25) is 0 Å². The minimum absolute atomic E-state index is 0.169. The monoisotopic (exact) mass is 283 g/mol. The molecule has 15 heavy (non-hydrogen) atoms. The van der Waals surface area contributed by atoms with Crippen molar-refractivity contribution in [2.24, 2.45) is 0 Å². The van der Waals surface area contributed by atoms with E-state index in [9.17, 15) is 23.3 Å². The third-order valence-electron chi connectivity index (χ3n) is 1.80. The minimum Gasteiger partial charge on any atom is -0.258 e. The van der Waals surface area contributed by atoms with Crippen LogP contribution >= 0.6 is 15.9 Å². The molecule has 0 bridgehead atoms. The first-order valence-electron chi connectivity index (χ1n) is 3.75. The van der Waals surface area contributed by atoms with Crippen LogP contribution in [0.4, 0.5) is 18.9 Å². The van der Waals surface area contributed by atoms with Crippen LogP contribution in [-0.2, 0) is 6.18 Å². The molecule has 1 aromatic carbocycles. The maximum Gasteiger partial charge on any atom is 0.416 e. The number of nitro benzene ring substituents is 1. The highest BCUT2D eigenvalue weighted by Gasteiger charge is 2.34. The molecule has 0 heterocycles. The summed E-state index contributed by atoms with van der Waals surface area (Å²) in [7, 11) is 0. The molecule has 7 heteroatoms. The average Bonchev–Trinajstić information content (AvgIpc) is 2.06. The van der Waals surface area contributed by atoms with Gasteiger partial charge in [-0.3, -0.25) is 10.1 Å². The second-order valence-corrected chi connectivity index (χ2v) is 3.73. The fraction of sp³-hybridized carbons (Fsp3) is 0.250. The van der Waals surface area contributed by atoms with Crippen LogP contribution in [0.15, 0.2) is 16.6 Å². The van der Waals surface area contributed by atoms with Crippen LogP contribution in [0.25, 0.3) is 0 Å². The van der Waals surface area contributed by atoms with E-state index in [0.717, 1.165) is 6.07 Å². The molecule has 82 valence electrons. The topological polar surface area (TPSA) is 43.1 Å². The van der Waals surface area contributed by atoms with Crippen LogP contribution in [0.5, 0.6) is 0 Å². The van der Waals surface area contributed by atoms with E-state index in [-0.39, 0.29) is 15.7 Å². The largest absolute Gasteiger partial charge is 0.416 e. The van der Waals surface area contributed by atoms with Gasteiger partial charge >= 0.3 is 6.18 Å². The summed E-state index contributed by atoms with van der Waals surface area (Å²) in [5, 5.41) is 10.4. The Morgan fingerprint density at radius 3 is 2.33 bits per heavy atom. The molecule has 1 rings (SSSR count). The third kappa shape index (κ3) is 2.47. The maximum absolute atomic E-state index is 12.4. The number of rotatable bonds is 1. The Labute approximate surface area is 91.2 Å². The van der Waals surface area contributed by atoms with Gasteiger partial charge < -0.3 is 0 Å². The van der Waals surface area contributed by atoms with Gasteiger partial charge in [0.1, 0.15) is 0 Å². The Balaban J connectivity index is 3.39. The van der Waals surface area contributed by atoms with E-state index < -0.39 is 16.7 Å². The number of aryl methyl sites for hydroxylation is 1. The summed E-state index contributed by atoms with van der Waals surface area (Å²) >= 11 is 2.73. The lowest BCUT2D eigenvalue weighted by Gasteiger charge is -2.10. The van der Waals surface area contributed by atoms with Gasteiger partial charge in [-0.05, 0) is 34.5 Å². The zero-order valence-corrected chi connectivity index (χ0v) is 9.02. The first-order chi connectivity index (χ1) is 6.73. The number of hydrogen-bond donors (Lipinski definition) is 0. The van der Waals surface area contributed by atoms with E-state index in [4.69, 9.17) is 0 Å². The van der Waals surface area contributed by atoms with Crippen molar-refractivity contribution in [1.29, 1.82) is 0 Å².